The lowest BCUT2D eigenvalue weighted by atomic mass is 9.98. The highest BCUT2D eigenvalue weighted by atomic mass is 16.2. The Hall–Kier alpha value is -1.09. The molecule has 1 heterocycles. The molecular formula is C15H26N2O. The van der Waals surface area contributed by atoms with Crippen LogP contribution in [0.4, 0.5) is 0 Å². The number of allylic oxidation sites excluding steroid dienone is 3. The van der Waals surface area contributed by atoms with Crippen molar-refractivity contribution in [3.8, 4) is 0 Å². The van der Waals surface area contributed by atoms with Crippen molar-refractivity contribution >= 4 is 5.91 Å². The highest BCUT2D eigenvalue weighted by Crippen LogP contribution is 2.14. The summed E-state index contributed by atoms with van der Waals surface area (Å²) in [5, 5.41) is 3.40. The number of piperidine rings is 1. The number of nitrogens with zero attached hydrogens (tertiary/aromatic N) is 1. The minimum absolute atomic E-state index is 0.119. The van der Waals surface area contributed by atoms with E-state index >= 15 is 0 Å². The Bertz CT molecular complexity index is 302. The molecule has 0 aliphatic carbocycles. The molecule has 1 amide bonds. The lowest BCUT2D eigenvalue weighted by Crippen LogP contribution is -2.43. The number of carbonyl (C=O) groups is 1. The fourth-order valence-electron chi connectivity index (χ4n) is 2.26. The monoisotopic (exact) mass is 250 g/mol. The van der Waals surface area contributed by atoms with Gasteiger partial charge in [0.05, 0.1) is 0 Å². The minimum atomic E-state index is 0.119. The van der Waals surface area contributed by atoms with Crippen molar-refractivity contribution in [1.82, 2.24) is 10.2 Å². The Morgan fingerprint density at radius 2 is 2.22 bits per heavy atom. The predicted octanol–water partition coefficient (Wildman–Crippen LogP) is 2.36. The zero-order valence-corrected chi connectivity index (χ0v) is 11.9. The molecule has 1 aliphatic rings. The lowest BCUT2D eigenvalue weighted by molar-refractivity contribution is -0.128. The molecule has 3 heteroatoms. The average Bonchev–Trinajstić information content (AvgIpc) is 2.37. The summed E-state index contributed by atoms with van der Waals surface area (Å²) >= 11 is 0. The number of amides is 1. The second-order valence-corrected chi connectivity index (χ2v) is 5.18. The Labute approximate surface area is 111 Å². The molecule has 0 bridgehead atoms. The van der Waals surface area contributed by atoms with Gasteiger partial charge in [0, 0.05) is 18.7 Å². The average molecular weight is 250 g/mol. The van der Waals surface area contributed by atoms with E-state index in [0.717, 1.165) is 19.6 Å². The van der Waals surface area contributed by atoms with Crippen LogP contribution in [0, 0.1) is 5.92 Å². The molecule has 0 aromatic rings. The van der Waals surface area contributed by atoms with Gasteiger partial charge in [-0.3, -0.25) is 4.79 Å². The van der Waals surface area contributed by atoms with E-state index in [2.05, 4.69) is 19.2 Å². The molecule has 1 fully saturated rings. The molecule has 102 valence electrons. The molecule has 1 aliphatic heterocycles. The lowest BCUT2D eigenvalue weighted by Gasteiger charge is -2.32. The Balaban J connectivity index is 2.55. The maximum Gasteiger partial charge on any atom is 0.246 e. The van der Waals surface area contributed by atoms with Gasteiger partial charge in [-0.15, -0.1) is 0 Å². The van der Waals surface area contributed by atoms with Gasteiger partial charge in [0.15, 0.2) is 0 Å². The zero-order valence-electron chi connectivity index (χ0n) is 11.9. The second kappa shape index (κ2) is 8.09. The van der Waals surface area contributed by atoms with Crippen molar-refractivity contribution in [2.24, 2.45) is 5.92 Å². The summed E-state index contributed by atoms with van der Waals surface area (Å²) in [5.41, 5.74) is 0. The molecular weight excluding hydrogens is 224 g/mol. The topological polar surface area (TPSA) is 32.3 Å². The van der Waals surface area contributed by atoms with Crippen LogP contribution < -0.4 is 5.32 Å². The first kappa shape index (κ1) is 15.0. The molecule has 18 heavy (non-hydrogen) atoms. The molecule has 1 unspecified atom stereocenters. The SMILES string of the molecule is CC=CC=CC(=O)N(CC1CCCNC1)C(C)C. The van der Waals surface area contributed by atoms with Crippen molar-refractivity contribution in [2.75, 3.05) is 19.6 Å². The van der Waals surface area contributed by atoms with E-state index in [9.17, 15) is 4.79 Å². The van der Waals surface area contributed by atoms with Crippen LogP contribution in [0.1, 0.15) is 33.6 Å². The highest BCUT2D eigenvalue weighted by molar-refractivity contribution is 5.88. The standard InChI is InChI=1S/C15H26N2O/c1-4-5-6-9-15(18)17(13(2)3)12-14-8-7-10-16-11-14/h4-6,9,13-14,16H,7-8,10-12H2,1-3H3. The number of nitrogens with one attached hydrogen (secondary N) is 1. The first-order valence-corrected chi connectivity index (χ1v) is 6.95. The maximum atomic E-state index is 12.1. The summed E-state index contributed by atoms with van der Waals surface area (Å²) in [6.07, 6.45) is 9.74. The smallest absolute Gasteiger partial charge is 0.246 e. The van der Waals surface area contributed by atoms with E-state index in [0.29, 0.717) is 5.92 Å². The first-order valence-electron chi connectivity index (χ1n) is 6.95. The molecule has 0 aromatic heterocycles. The van der Waals surface area contributed by atoms with Crippen molar-refractivity contribution in [3.05, 3.63) is 24.3 Å². The van der Waals surface area contributed by atoms with Crippen molar-refractivity contribution in [1.29, 1.82) is 0 Å². The molecule has 1 rings (SSSR count). The molecule has 1 atom stereocenters. The second-order valence-electron chi connectivity index (χ2n) is 5.18. The van der Waals surface area contributed by atoms with Gasteiger partial charge in [0.25, 0.3) is 0 Å². The van der Waals surface area contributed by atoms with E-state index in [4.69, 9.17) is 0 Å². The van der Waals surface area contributed by atoms with Gasteiger partial charge in [-0.2, -0.15) is 0 Å². The summed E-state index contributed by atoms with van der Waals surface area (Å²) in [6.45, 7) is 9.13. The molecule has 0 radical (unpaired) electrons. The summed E-state index contributed by atoms with van der Waals surface area (Å²) in [7, 11) is 0. The van der Waals surface area contributed by atoms with E-state index in [1.165, 1.54) is 12.8 Å². The van der Waals surface area contributed by atoms with Crippen LogP contribution in [0.15, 0.2) is 24.3 Å². The first-order chi connectivity index (χ1) is 8.65. The van der Waals surface area contributed by atoms with E-state index < -0.39 is 0 Å². The van der Waals surface area contributed by atoms with Gasteiger partial charge in [0.2, 0.25) is 5.91 Å². The van der Waals surface area contributed by atoms with E-state index in [-0.39, 0.29) is 11.9 Å². The highest BCUT2D eigenvalue weighted by Gasteiger charge is 2.21. The molecule has 1 N–H and O–H groups in total. The van der Waals surface area contributed by atoms with Gasteiger partial charge < -0.3 is 10.2 Å². The number of rotatable bonds is 5. The van der Waals surface area contributed by atoms with Crippen LogP contribution >= 0.6 is 0 Å². The molecule has 0 saturated carbocycles. The summed E-state index contributed by atoms with van der Waals surface area (Å²) in [5.74, 6) is 0.717. The Morgan fingerprint density at radius 1 is 1.44 bits per heavy atom. The fraction of sp³-hybridized carbons (Fsp3) is 0.667. The zero-order chi connectivity index (χ0) is 13.4. The van der Waals surface area contributed by atoms with Crippen LogP contribution in [-0.2, 0) is 4.79 Å². The van der Waals surface area contributed by atoms with Gasteiger partial charge in [0.1, 0.15) is 0 Å². The van der Waals surface area contributed by atoms with Crippen LogP contribution in [0.5, 0.6) is 0 Å². The number of carbonyl (C=O) groups excluding carboxylic acids is 1. The third-order valence-corrected chi connectivity index (χ3v) is 3.30. The fourth-order valence-corrected chi connectivity index (χ4v) is 2.26. The van der Waals surface area contributed by atoms with Crippen molar-refractivity contribution in [2.45, 2.75) is 39.7 Å². The number of hydrogen-bond donors (Lipinski definition) is 1. The normalized spacial score (nSPS) is 21.0. The van der Waals surface area contributed by atoms with Gasteiger partial charge in [-0.25, -0.2) is 0 Å². The summed E-state index contributed by atoms with van der Waals surface area (Å²) < 4.78 is 0. The maximum absolute atomic E-state index is 12.1. The molecule has 3 nitrogen and oxygen atoms in total. The quantitative estimate of drug-likeness (QED) is 0.600. The van der Waals surface area contributed by atoms with Crippen LogP contribution in [0.25, 0.3) is 0 Å². The largest absolute Gasteiger partial charge is 0.336 e. The molecule has 0 spiro atoms. The minimum Gasteiger partial charge on any atom is -0.336 e. The van der Waals surface area contributed by atoms with Crippen molar-refractivity contribution in [3.63, 3.8) is 0 Å². The summed E-state index contributed by atoms with van der Waals surface area (Å²) in [4.78, 5) is 14.1. The van der Waals surface area contributed by atoms with E-state index in [1.807, 2.05) is 30.1 Å². The van der Waals surface area contributed by atoms with Crippen LogP contribution in [-0.4, -0.2) is 36.5 Å². The van der Waals surface area contributed by atoms with Gasteiger partial charge in [-0.1, -0.05) is 18.2 Å². The van der Waals surface area contributed by atoms with Crippen molar-refractivity contribution < 1.29 is 4.79 Å². The van der Waals surface area contributed by atoms with Crippen LogP contribution in [0.2, 0.25) is 0 Å². The van der Waals surface area contributed by atoms with Crippen LogP contribution in [0.3, 0.4) is 0 Å². The summed E-state index contributed by atoms with van der Waals surface area (Å²) in [6, 6.07) is 0.259. The predicted molar refractivity (Wildman–Crippen MR) is 76.4 cm³/mol. The Kier molecular flexibility index (Phi) is 6.73. The molecule has 1 saturated heterocycles. The van der Waals surface area contributed by atoms with E-state index in [1.54, 1.807) is 6.08 Å². The Morgan fingerprint density at radius 3 is 2.78 bits per heavy atom. The molecule has 0 aromatic carbocycles. The third-order valence-electron chi connectivity index (χ3n) is 3.30. The van der Waals surface area contributed by atoms with Gasteiger partial charge in [-0.05, 0) is 52.6 Å². The third kappa shape index (κ3) is 5.05. The number of hydrogen-bond acceptors (Lipinski definition) is 2. The van der Waals surface area contributed by atoms with Gasteiger partial charge >= 0.3 is 0 Å².